The molecule has 0 unspecified atom stereocenters. The van der Waals surface area contributed by atoms with Gasteiger partial charge in [0, 0.05) is 6.42 Å². The highest BCUT2D eigenvalue weighted by atomic mass is 16.5. The third-order valence-corrected chi connectivity index (χ3v) is 1.10. The molecule has 0 aromatic rings. The van der Waals surface area contributed by atoms with Crippen LogP contribution in [0.3, 0.4) is 0 Å². The number of carbonyl (C=O) groups is 1. The van der Waals surface area contributed by atoms with Crippen LogP contribution in [-0.4, -0.2) is 45.0 Å². The van der Waals surface area contributed by atoms with Crippen molar-refractivity contribution < 1.29 is 26.4 Å². The number of nitrogens with zero attached hydrogens (tertiary/aromatic N) is 1. The van der Waals surface area contributed by atoms with Crippen LogP contribution in [0.5, 0.6) is 0 Å². The molecule has 0 heterocycles. The first-order valence-electron chi connectivity index (χ1n) is 7.66. The fraction of sp³-hybridized carbons (Fsp3) is 0.875. The highest BCUT2D eigenvalue weighted by Gasteiger charge is 2.08. The smallest absolute Gasteiger partial charge is 0.305 e. The second-order valence-corrected chi connectivity index (χ2v) is 2.21. The van der Waals surface area contributed by atoms with Crippen LogP contribution in [0.15, 0.2) is 0 Å². The van der Waals surface area contributed by atoms with Gasteiger partial charge in [0.25, 0.3) is 0 Å². The number of quaternary nitrogens is 1. The normalized spacial score (nSPS) is 26.8. The third kappa shape index (κ3) is 7.33. The Morgan fingerprint density at radius 2 is 2.18 bits per heavy atom. The summed E-state index contributed by atoms with van der Waals surface area (Å²) in [5.41, 5.74) is 0. The van der Waals surface area contributed by atoms with Crippen molar-refractivity contribution in [2.45, 2.75) is 12.8 Å². The zero-order chi connectivity index (χ0) is 16.4. The van der Waals surface area contributed by atoms with Crippen LogP contribution in [0.4, 0.5) is 0 Å². The molecule has 0 amide bonds. The van der Waals surface area contributed by atoms with Gasteiger partial charge in [0.15, 0.2) is 0 Å². The van der Waals surface area contributed by atoms with Crippen LogP contribution in [0, 0.1) is 0 Å². The highest BCUT2D eigenvalue weighted by molar-refractivity contribution is 5.68. The van der Waals surface area contributed by atoms with Crippen LogP contribution in [0.25, 0.3) is 0 Å². The lowest BCUT2D eigenvalue weighted by molar-refractivity contribution is -0.870. The molecule has 0 aliphatic carbocycles. The average molecular weight is 169 g/mol. The minimum Gasteiger partial charge on any atom is -0.469 e. The van der Waals surface area contributed by atoms with Crippen LogP contribution < -0.4 is 0 Å². The molecule has 66 valence electrons. The van der Waals surface area contributed by atoms with E-state index in [0.29, 0.717) is 0 Å². The summed E-state index contributed by atoms with van der Waals surface area (Å²) in [5.74, 6) is -0.662. The molecule has 11 heavy (non-hydrogen) atoms. The van der Waals surface area contributed by atoms with E-state index in [1.54, 1.807) is 0 Å². The lowest BCUT2D eigenvalue weighted by Crippen LogP contribution is -2.35. The Morgan fingerprint density at radius 3 is 2.64 bits per heavy atom. The molecule has 3 nitrogen and oxygen atoms in total. The maximum Gasteiger partial charge on any atom is 0.305 e. The Balaban J connectivity index is 5.52. The molecule has 0 fully saturated rings. The van der Waals surface area contributed by atoms with Crippen molar-refractivity contribution in [2.75, 3.05) is 34.6 Å². The van der Waals surface area contributed by atoms with E-state index >= 15 is 0 Å². The van der Waals surface area contributed by atoms with Gasteiger partial charge in [-0.25, -0.2) is 0 Å². The maximum absolute atomic E-state index is 11.0. The van der Waals surface area contributed by atoms with E-state index in [4.69, 9.17) is 12.3 Å². The van der Waals surface area contributed by atoms with E-state index in [1.807, 2.05) is 0 Å². The summed E-state index contributed by atoms with van der Waals surface area (Å²) in [5, 5.41) is 0. The lowest BCUT2D eigenvalue weighted by Gasteiger charge is -2.23. The maximum atomic E-state index is 11.0. The van der Waals surface area contributed by atoms with Crippen molar-refractivity contribution in [3.05, 3.63) is 0 Å². The standard InChI is InChI=1S/C8H18NO2/c1-9(2,3)7-5-6-8(10)11-4/h5-7H2,1-4H3/q+1/i1D3,2D3,3D3. The van der Waals surface area contributed by atoms with Crippen molar-refractivity contribution in [1.82, 2.24) is 0 Å². The third-order valence-electron chi connectivity index (χ3n) is 1.10. The highest BCUT2D eigenvalue weighted by Crippen LogP contribution is 1.97. The van der Waals surface area contributed by atoms with Gasteiger partial charge in [-0.05, 0) is 0 Å². The number of ether oxygens (including phenoxy) is 1. The van der Waals surface area contributed by atoms with E-state index in [9.17, 15) is 4.79 Å². The van der Waals surface area contributed by atoms with Crippen molar-refractivity contribution in [3.63, 3.8) is 0 Å². The lowest BCUT2D eigenvalue weighted by atomic mass is 10.3. The van der Waals surface area contributed by atoms with Crippen LogP contribution >= 0.6 is 0 Å². The molecule has 3 heteroatoms. The quantitative estimate of drug-likeness (QED) is 0.456. The molecule has 0 atom stereocenters. The van der Waals surface area contributed by atoms with Gasteiger partial charge in [0.2, 0.25) is 0 Å². The van der Waals surface area contributed by atoms with Crippen molar-refractivity contribution >= 4 is 5.97 Å². The number of rotatable bonds is 4. The van der Waals surface area contributed by atoms with E-state index in [1.165, 1.54) is 0 Å². The molecule has 0 aromatic carbocycles. The van der Waals surface area contributed by atoms with E-state index in [-0.39, 0.29) is 12.8 Å². The Labute approximate surface area is 81.2 Å². The number of carbonyl (C=O) groups excluding carboxylic acids is 1. The molecule has 0 spiro atoms. The first-order chi connectivity index (χ1) is 8.70. The predicted molar refractivity (Wildman–Crippen MR) is 44.1 cm³/mol. The van der Waals surface area contributed by atoms with Gasteiger partial charge in [-0.2, -0.15) is 0 Å². The number of hydrogen-bond donors (Lipinski definition) is 0. The summed E-state index contributed by atoms with van der Waals surface area (Å²) in [6, 6.07) is 0. The molecular weight excluding hydrogens is 142 g/mol. The number of hydrogen-bond acceptors (Lipinski definition) is 2. The van der Waals surface area contributed by atoms with E-state index < -0.39 is 37.9 Å². The second-order valence-electron chi connectivity index (χ2n) is 2.21. The Morgan fingerprint density at radius 1 is 1.55 bits per heavy atom. The van der Waals surface area contributed by atoms with Crippen LogP contribution in [-0.2, 0) is 9.53 Å². The summed E-state index contributed by atoms with van der Waals surface area (Å²) in [4.78, 5) is 11.0. The van der Waals surface area contributed by atoms with Gasteiger partial charge in [0.1, 0.15) is 0 Å². The summed E-state index contributed by atoms with van der Waals surface area (Å²) < 4.78 is 68.5. The van der Waals surface area contributed by atoms with Gasteiger partial charge in [-0.3, -0.25) is 4.79 Å². The van der Waals surface area contributed by atoms with Gasteiger partial charge < -0.3 is 9.22 Å². The van der Waals surface area contributed by atoms with Crippen LogP contribution in [0.1, 0.15) is 25.2 Å². The molecule has 0 rings (SSSR count). The van der Waals surface area contributed by atoms with Crippen LogP contribution in [0.2, 0.25) is 0 Å². The fourth-order valence-electron chi connectivity index (χ4n) is 0.563. The Hall–Kier alpha value is -0.570. The van der Waals surface area contributed by atoms with Gasteiger partial charge >= 0.3 is 5.97 Å². The minimum absolute atomic E-state index is 0.220. The molecular formula is C8H18NO2+. The zero-order valence-corrected chi connectivity index (χ0v) is 6.39. The monoisotopic (exact) mass is 169 g/mol. The molecule has 0 N–H and O–H groups in total. The summed E-state index contributed by atoms with van der Waals surface area (Å²) in [7, 11) is 1.13. The Kier molecular flexibility index (Phi) is 1.08. The fourth-order valence-corrected chi connectivity index (χ4v) is 0.563. The van der Waals surface area contributed by atoms with E-state index in [0.717, 1.165) is 7.11 Å². The average Bonchev–Trinajstić information content (AvgIpc) is 2.17. The van der Waals surface area contributed by atoms with Crippen molar-refractivity contribution in [2.24, 2.45) is 0 Å². The minimum atomic E-state index is -3.27. The predicted octanol–water partition coefficient (Wildman–Crippen LogP) is 0.646. The van der Waals surface area contributed by atoms with Gasteiger partial charge in [0.05, 0.1) is 53.3 Å². The molecule has 0 aliphatic heterocycles. The molecule has 0 aromatic heterocycles. The van der Waals surface area contributed by atoms with Gasteiger partial charge in [-0.1, -0.05) is 0 Å². The number of esters is 1. The van der Waals surface area contributed by atoms with Gasteiger partial charge in [-0.15, -0.1) is 0 Å². The summed E-state index contributed by atoms with van der Waals surface area (Å²) in [6.07, 6.45) is -0.472. The summed E-state index contributed by atoms with van der Waals surface area (Å²) >= 11 is 0. The molecule has 0 saturated carbocycles. The topological polar surface area (TPSA) is 26.3 Å². The second kappa shape index (κ2) is 4.34. The SMILES string of the molecule is [2H]C([2H])([2H])[N+](CCCC(=O)OC)(C([2H])([2H])[2H])C([2H])([2H])[2H]. The first-order valence-corrected chi connectivity index (χ1v) is 3.16. The number of methoxy groups -OCH3 is 1. The largest absolute Gasteiger partial charge is 0.469 e. The molecule has 0 aliphatic rings. The van der Waals surface area contributed by atoms with Crippen molar-refractivity contribution in [3.8, 4) is 0 Å². The molecule has 0 bridgehead atoms. The van der Waals surface area contributed by atoms with Crippen molar-refractivity contribution in [1.29, 1.82) is 0 Å². The summed E-state index contributed by atoms with van der Waals surface area (Å²) in [6.45, 7) is -10.5. The Bertz CT molecular complexity index is 307. The first kappa shape index (κ1) is 2.73. The molecule has 0 saturated heterocycles. The zero-order valence-electron chi connectivity index (χ0n) is 15.4. The van der Waals surface area contributed by atoms with E-state index in [2.05, 4.69) is 4.74 Å². The molecule has 0 radical (unpaired) electrons.